The van der Waals surface area contributed by atoms with E-state index in [1.54, 1.807) is 6.42 Å². The predicted molar refractivity (Wildman–Crippen MR) is 59.9 cm³/mol. The van der Waals surface area contributed by atoms with Gasteiger partial charge in [0.05, 0.1) is 0 Å². The maximum Gasteiger partial charge on any atom is -0.0207 e. The van der Waals surface area contributed by atoms with Crippen LogP contribution in [0.3, 0.4) is 0 Å². The molecular weight excluding hydrogens is 168 g/mol. The lowest BCUT2D eigenvalue weighted by molar-refractivity contribution is 0.287. The van der Waals surface area contributed by atoms with E-state index in [4.69, 9.17) is 0 Å². The minimum absolute atomic E-state index is 0.814. The molecule has 0 radical (unpaired) electrons. The van der Waals surface area contributed by atoms with Crippen LogP contribution in [-0.2, 0) is 0 Å². The zero-order chi connectivity index (χ0) is 10.1. The van der Waals surface area contributed by atoms with Crippen molar-refractivity contribution in [3.8, 4) is 0 Å². The van der Waals surface area contributed by atoms with Gasteiger partial charge in [0.15, 0.2) is 0 Å². The van der Waals surface area contributed by atoms with Gasteiger partial charge < -0.3 is 0 Å². The highest BCUT2D eigenvalue weighted by Crippen LogP contribution is 2.77. The van der Waals surface area contributed by atoms with Gasteiger partial charge in [0, 0.05) is 0 Å². The van der Waals surface area contributed by atoms with Gasteiger partial charge in [-0.3, -0.25) is 0 Å². The Morgan fingerprint density at radius 2 is 1.57 bits per heavy atom. The molecule has 3 aliphatic carbocycles. The fraction of sp³-hybridized carbons (Fsp3) is 1.00. The first-order chi connectivity index (χ1) is 6.59. The number of hydrogen-bond acceptors (Lipinski definition) is 0. The fourth-order valence-corrected chi connectivity index (χ4v) is 4.91. The summed E-state index contributed by atoms with van der Waals surface area (Å²) in [6, 6.07) is 0. The monoisotopic (exact) mass is 192 g/mol. The van der Waals surface area contributed by atoms with Gasteiger partial charge in [0.25, 0.3) is 0 Å². The molecule has 80 valence electrons. The molecule has 0 heteroatoms. The Morgan fingerprint density at radius 3 is 2.00 bits per heavy atom. The Bertz CT molecular complexity index is 257. The van der Waals surface area contributed by atoms with Crippen LogP contribution in [-0.4, -0.2) is 0 Å². The van der Waals surface area contributed by atoms with Crippen LogP contribution in [0.5, 0.6) is 0 Å². The summed E-state index contributed by atoms with van der Waals surface area (Å²) in [5, 5.41) is 0. The molecule has 0 heterocycles. The summed E-state index contributed by atoms with van der Waals surface area (Å²) in [4.78, 5) is 0. The molecule has 7 unspecified atom stereocenters. The van der Waals surface area contributed by atoms with E-state index in [2.05, 4.69) is 27.7 Å². The second-order valence-corrected chi connectivity index (χ2v) is 6.61. The summed E-state index contributed by atoms with van der Waals surface area (Å²) in [6.45, 7) is 9.98. The molecule has 0 aromatic carbocycles. The van der Waals surface area contributed by atoms with E-state index in [1.807, 2.05) is 0 Å². The molecular formula is C14H24. The molecule has 0 saturated heterocycles. The molecule has 0 nitrogen and oxygen atoms in total. The van der Waals surface area contributed by atoms with E-state index in [0.717, 1.165) is 40.9 Å². The second kappa shape index (κ2) is 2.57. The highest BCUT2D eigenvalue weighted by molar-refractivity contribution is 5.19. The van der Waals surface area contributed by atoms with E-state index >= 15 is 0 Å². The molecule has 3 rings (SSSR count). The van der Waals surface area contributed by atoms with E-state index in [-0.39, 0.29) is 0 Å². The van der Waals surface area contributed by atoms with Crippen LogP contribution < -0.4 is 0 Å². The molecule has 7 atom stereocenters. The second-order valence-electron chi connectivity index (χ2n) is 6.61. The molecule has 0 bridgehead atoms. The molecule has 1 spiro atoms. The van der Waals surface area contributed by atoms with Gasteiger partial charge >= 0.3 is 0 Å². The van der Waals surface area contributed by atoms with Crippen molar-refractivity contribution in [2.24, 2.45) is 40.9 Å². The summed E-state index contributed by atoms with van der Waals surface area (Å²) in [6.07, 6.45) is 4.59. The fourth-order valence-electron chi connectivity index (χ4n) is 4.91. The van der Waals surface area contributed by atoms with Crippen molar-refractivity contribution >= 4 is 0 Å². The summed E-state index contributed by atoms with van der Waals surface area (Å²) < 4.78 is 0. The van der Waals surface area contributed by atoms with Crippen LogP contribution >= 0.6 is 0 Å². The lowest BCUT2D eigenvalue weighted by Gasteiger charge is -2.19. The number of rotatable bonds is 1. The standard InChI is InChI=1S/C14H24/c1-8-5-6-14(10(8)3)11(4)13(14)12-7-9(12)2/h8-13H,5-7H2,1-4H3. The van der Waals surface area contributed by atoms with Gasteiger partial charge in [0.2, 0.25) is 0 Å². The molecule has 0 N–H and O–H groups in total. The molecule has 0 aliphatic heterocycles. The molecule has 0 aromatic rings. The largest absolute Gasteiger partial charge is 0.0622 e. The van der Waals surface area contributed by atoms with Gasteiger partial charge in [-0.15, -0.1) is 0 Å². The van der Waals surface area contributed by atoms with Gasteiger partial charge in [-0.25, -0.2) is 0 Å². The van der Waals surface area contributed by atoms with Crippen molar-refractivity contribution in [2.45, 2.75) is 47.0 Å². The van der Waals surface area contributed by atoms with Gasteiger partial charge in [-0.05, 0) is 60.2 Å². The highest BCUT2D eigenvalue weighted by Gasteiger charge is 2.71. The van der Waals surface area contributed by atoms with Crippen LogP contribution in [0.1, 0.15) is 47.0 Å². The van der Waals surface area contributed by atoms with Crippen LogP contribution in [0.2, 0.25) is 0 Å². The Labute approximate surface area is 88.5 Å². The Morgan fingerprint density at radius 1 is 0.929 bits per heavy atom. The zero-order valence-electron chi connectivity index (χ0n) is 10.1. The predicted octanol–water partition coefficient (Wildman–Crippen LogP) is 3.96. The first-order valence-electron chi connectivity index (χ1n) is 6.59. The summed E-state index contributed by atoms with van der Waals surface area (Å²) in [7, 11) is 0. The topological polar surface area (TPSA) is 0 Å². The minimum atomic E-state index is 0.814. The summed E-state index contributed by atoms with van der Waals surface area (Å²) >= 11 is 0. The van der Waals surface area contributed by atoms with Gasteiger partial charge in [-0.2, -0.15) is 0 Å². The maximum absolute atomic E-state index is 2.53. The summed E-state index contributed by atoms with van der Waals surface area (Å²) in [5.74, 6) is 6.37. The van der Waals surface area contributed by atoms with Gasteiger partial charge in [0.1, 0.15) is 0 Å². The normalized spacial score (nSPS) is 66.0. The van der Waals surface area contributed by atoms with E-state index in [0.29, 0.717) is 0 Å². The van der Waals surface area contributed by atoms with E-state index in [9.17, 15) is 0 Å². The van der Waals surface area contributed by atoms with Crippen molar-refractivity contribution in [1.29, 1.82) is 0 Å². The quantitative estimate of drug-likeness (QED) is 0.590. The third-order valence-electron chi connectivity index (χ3n) is 6.26. The minimum Gasteiger partial charge on any atom is -0.0622 e. The van der Waals surface area contributed by atoms with E-state index < -0.39 is 0 Å². The van der Waals surface area contributed by atoms with Crippen molar-refractivity contribution in [3.05, 3.63) is 0 Å². The van der Waals surface area contributed by atoms with Crippen LogP contribution in [0, 0.1) is 40.9 Å². The van der Waals surface area contributed by atoms with Crippen molar-refractivity contribution < 1.29 is 0 Å². The van der Waals surface area contributed by atoms with Crippen molar-refractivity contribution in [2.75, 3.05) is 0 Å². The van der Waals surface area contributed by atoms with Crippen molar-refractivity contribution in [1.82, 2.24) is 0 Å². The zero-order valence-corrected chi connectivity index (χ0v) is 10.1. The third-order valence-corrected chi connectivity index (χ3v) is 6.26. The summed E-state index contributed by atoms with van der Waals surface area (Å²) in [5.41, 5.74) is 0.814. The molecule has 14 heavy (non-hydrogen) atoms. The third kappa shape index (κ3) is 0.907. The molecule has 3 saturated carbocycles. The Balaban J connectivity index is 1.80. The lowest BCUT2D eigenvalue weighted by Crippen LogP contribution is -2.13. The number of hydrogen-bond donors (Lipinski definition) is 0. The van der Waals surface area contributed by atoms with Crippen LogP contribution in [0.15, 0.2) is 0 Å². The van der Waals surface area contributed by atoms with Gasteiger partial charge in [-0.1, -0.05) is 27.7 Å². The average molecular weight is 192 g/mol. The van der Waals surface area contributed by atoms with Crippen molar-refractivity contribution in [3.63, 3.8) is 0 Å². The highest BCUT2D eigenvalue weighted by atomic mass is 14.8. The van der Waals surface area contributed by atoms with Crippen LogP contribution in [0.4, 0.5) is 0 Å². The lowest BCUT2D eigenvalue weighted by atomic mass is 9.85. The molecule has 3 fully saturated rings. The molecule has 0 amide bonds. The smallest absolute Gasteiger partial charge is 0.0207 e. The van der Waals surface area contributed by atoms with Crippen LogP contribution in [0.25, 0.3) is 0 Å². The molecule has 0 aromatic heterocycles. The average Bonchev–Trinajstić information content (AvgIpc) is 2.96. The maximum atomic E-state index is 2.53. The SMILES string of the molecule is CC1CC1C1C(C)C12CCC(C)C2C. The Hall–Kier alpha value is 0. The first-order valence-corrected chi connectivity index (χ1v) is 6.59. The first kappa shape index (κ1) is 9.24. The van der Waals surface area contributed by atoms with E-state index in [1.165, 1.54) is 12.8 Å². The Kier molecular flexibility index (Phi) is 1.70. The molecule has 3 aliphatic rings.